The van der Waals surface area contributed by atoms with E-state index in [-0.39, 0.29) is 17.8 Å². The standard InChI is InChI=1S/C15H22O3/c1-7-4-11(18)13-8(2)10(17)5-9-14(12(7)13)15(9,3)6-16/h7,9,11-12,14,16,18H,4-6H2,1-3H3/t7-,9-,11+,12-,14-,15?/m1/s1. The Kier molecular flexibility index (Phi) is 2.52. The molecule has 0 amide bonds. The SMILES string of the molecule is CC1=C2[C@H]([C@H]3[C@@H](CC1=O)C3(C)CO)[C@H](C)C[C@@H]2O. The molecule has 18 heavy (non-hydrogen) atoms. The molecule has 0 aliphatic heterocycles. The highest BCUT2D eigenvalue weighted by atomic mass is 16.3. The van der Waals surface area contributed by atoms with Gasteiger partial charge >= 0.3 is 0 Å². The molecule has 0 radical (unpaired) electrons. The van der Waals surface area contributed by atoms with Gasteiger partial charge in [0.25, 0.3) is 0 Å². The maximum Gasteiger partial charge on any atom is 0.158 e. The number of Topliss-reactive ketones (excluding diaryl/α,β-unsaturated/α-hetero) is 1. The summed E-state index contributed by atoms with van der Waals surface area (Å²) in [4.78, 5) is 12.2. The molecule has 3 heteroatoms. The lowest BCUT2D eigenvalue weighted by Gasteiger charge is -2.21. The van der Waals surface area contributed by atoms with Crippen LogP contribution in [0.3, 0.4) is 0 Å². The Balaban J connectivity index is 2.07. The molecule has 0 saturated heterocycles. The van der Waals surface area contributed by atoms with Crippen molar-refractivity contribution < 1.29 is 15.0 Å². The minimum Gasteiger partial charge on any atom is -0.396 e. The minimum atomic E-state index is -0.448. The van der Waals surface area contributed by atoms with Crippen LogP contribution in [-0.4, -0.2) is 28.7 Å². The lowest BCUT2D eigenvalue weighted by atomic mass is 9.84. The van der Waals surface area contributed by atoms with Gasteiger partial charge < -0.3 is 10.2 Å². The first-order valence-corrected chi connectivity index (χ1v) is 6.94. The largest absolute Gasteiger partial charge is 0.396 e. The van der Waals surface area contributed by atoms with Crippen LogP contribution in [0.1, 0.15) is 33.6 Å². The zero-order valence-electron chi connectivity index (χ0n) is 11.3. The molecule has 3 aliphatic rings. The summed E-state index contributed by atoms with van der Waals surface area (Å²) in [7, 11) is 0. The summed E-state index contributed by atoms with van der Waals surface area (Å²) in [6, 6.07) is 0. The topological polar surface area (TPSA) is 57.5 Å². The van der Waals surface area contributed by atoms with E-state index in [1.807, 2.05) is 6.92 Å². The first-order chi connectivity index (χ1) is 8.41. The molecule has 6 atom stereocenters. The summed E-state index contributed by atoms with van der Waals surface area (Å²) < 4.78 is 0. The molecule has 2 N–H and O–H groups in total. The molecule has 3 nitrogen and oxygen atoms in total. The molecule has 2 fully saturated rings. The Labute approximate surface area is 108 Å². The van der Waals surface area contributed by atoms with Crippen molar-refractivity contribution in [2.45, 2.75) is 39.7 Å². The van der Waals surface area contributed by atoms with Gasteiger partial charge in [-0.25, -0.2) is 0 Å². The number of allylic oxidation sites excluding steroid dienone is 1. The van der Waals surface area contributed by atoms with Crippen molar-refractivity contribution in [3.05, 3.63) is 11.1 Å². The highest BCUT2D eigenvalue weighted by Crippen LogP contribution is 2.69. The van der Waals surface area contributed by atoms with Crippen molar-refractivity contribution in [1.29, 1.82) is 0 Å². The number of carbonyl (C=O) groups is 1. The first kappa shape index (κ1) is 12.4. The van der Waals surface area contributed by atoms with E-state index >= 15 is 0 Å². The predicted molar refractivity (Wildman–Crippen MR) is 67.8 cm³/mol. The Hall–Kier alpha value is -0.670. The second-order valence-electron chi connectivity index (χ2n) is 6.76. The Bertz CT molecular complexity index is 439. The second kappa shape index (κ2) is 3.67. The van der Waals surface area contributed by atoms with Crippen LogP contribution in [0, 0.1) is 29.1 Å². The molecule has 100 valence electrons. The monoisotopic (exact) mass is 250 g/mol. The number of hydrogen-bond acceptors (Lipinski definition) is 3. The van der Waals surface area contributed by atoms with Crippen LogP contribution in [0.5, 0.6) is 0 Å². The molecule has 0 aromatic heterocycles. The number of rotatable bonds is 1. The van der Waals surface area contributed by atoms with E-state index in [9.17, 15) is 15.0 Å². The van der Waals surface area contributed by atoms with Gasteiger partial charge in [0.05, 0.1) is 6.10 Å². The summed E-state index contributed by atoms with van der Waals surface area (Å²) in [6.45, 7) is 6.27. The summed E-state index contributed by atoms with van der Waals surface area (Å²) in [5.41, 5.74) is 1.67. The van der Waals surface area contributed by atoms with Crippen molar-refractivity contribution in [2.24, 2.45) is 29.1 Å². The maximum atomic E-state index is 12.2. The Morgan fingerprint density at radius 3 is 2.72 bits per heavy atom. The van der Waals surface area contributed by atoms with E-state index in [4.69, 9.17) is 0 Å². The zero-order valence-corrected chi connectivity index (χ0v) is 11.3. The molecule has 0 heterocycles. The van der Waals surface area contributed by atoms with E-state index in [1.165, 1.54) is 0 Å². The van der Waals surface area contributed by atoms with Gasteiger partial charge in [-0.1, -0.05) is 13.8 Å². The second-order valence-corrected chi connectivity index (χ2v) is 6.76. The molecule has 0 aromatic rings. The van der Waals surface area contributed by atoms with Crippen LogP contribution >= 0.6 is 0 Å². The third-order valence-corrected chi connectivity index (χ3v) is 5.84. The highest BCUT2D eigenvalue weighted by molar-refractivity contribution is 5.97. The number of aliphatic hydroxyl groups is 2. The molecular formula is C15H22O3. The van der Waals surface area contributed by atoms with E-state index in [1.54, 1.807) is 0 Å². The summed E-state index contributed by atoms with van der Waals surface area (Å²) in [5.74, 6) is 1.57. The average Bonchev–Trinajstić information content (AvgIpc) is 2.80. The van der Waals surface area contributed by atoms with Crippen LogP contribution in [0.25, 0.3) is 0 Å². The minimum absolute atomic E-state index is 0.107. The molecule has 3 aliphatic carbocycles. The average molecular weight is 250 g/mol. The number of ketones is 1. The molecule has 1 unspecified atom stereocenters. The quantitative estimate of drug-likeness (QED) is 0.742. The van der Waals surface area contributed by atoms with Crippen LogP contribution < -0.4 is 0 Å². The van der Waals surface area contributed by atoms with Crippen molar-refractivity contribution in [3.63, 3.8) is 0 Å². The fraction of sp³-hybridized carbons (Fsp3) is 0.800. The van der Waals surface area contributed by atoms with Crippen molar-refractivity contribution in [2.75, 3.05) is 6.61 Å². The van der Waals surface area contributed by atoms with E-state index in [0.29, 0.717) is 30.1 Å². The molecule has 0 bridgehead atoms. The Morgan fingerprint density at radius 1 is 1.44 bits per heavy atom. The third kappa shape index (κ3) is 1.35. The third-order valence-electron chi connectivity index (χ3n) is 5.84. The predicted octanol–water partition coefficient (Wildman–Crippen LogP) is 1.54. The van der Waals surface area contributed by atoms with Crippen LogP contribution in [0.2, 0.25) is 0 Å². The normalized spacial score (nSPS) is 50.9. The number of hydrogen-bond donors (Lipinski definition) is 2. The van der Waals surface area contributed by atoms with Crippen molar-refractivity contribution in [3.8, 4) is 0 Å². The molecule has 0 aromatic carbocycles. The van der Waals surface area contributed by atoms with Crippen molar-refractivity contribution >= 4 is 5.78 Å². The summed E-state index contributed by atoms with van der Waals surface area (Å²) >= 11 is 0. The van der Waals surface area contributed by atoms with Gasteiger partial charge in [-0.05, 0) is 53.6 Å². The van der Waals surface area contributed by atoms with Gasteiger partial charge in [-0.15, -0.1) is 0 Å². The number of aliphatic hydroxyl groups excluding tert-OH is 2. The Morgan fingerprint density at radius 2 is 2.11 bits per heavy atom. The summed E-state index contributed by atoms with van der Waals surface area (Å²) in [6.07, 6.45) is 0.860. The van der Waals surface area contributed by atoms with Gasteiger partial charge in [0, 0.05) is 13.0 Å². The van der Waals surface area contributed by atoms with Crippen LogP contribution in [0.4, 0.5) is 0 Å². The fourth-order valence-corrected chi connectivity index (χ4v) is 4.66. The molecular weight excluding hydrogens is 228 g/mol. The van der Waals surface area contributed by atoms with E-state index in [0.717, 1.165) is 17.6 Å². The smallest absolute Gasteiger partial charge is 0.158 e. The summed E-state index contributed by atoms with van der Waals surface area (Å²) in [5, 5.41) is 19.8. The number of carbonyl (C=O) groups excluding carboxylic acids is 1. The van der Waals surface area contributed by atoms with Crippen LogP contribution in [0.15, 0.2) is 11.1 Å². The van der Waals surface area contributed by atoms with Crippen molar-refractivity contribution in [1.82, 2.24) is 0 Å². The van der Waals surface area contributed by atoms with Gasteiger partial charge in [0.1, 0.15) is 0 Å². The van der Waals surface area contributed by atoms with Gasteiger partial charge in [0.15, 0.2) is 5.78 Å². The lowest BCUT2D eigenvalue weighted by Crippen LogP contribution is -2.19. The van der Waals surface area contributed by atoms with E-state index in [2.05, 4.69) is 13.8 Å². The first-order valence-electron chi connectivity index (χ1n) is 6.94. The highest BCUT2D eigenvalue weighted by Gasteiger charge is 2.67. The maximum absolute atomic E-state index is 12.2. The van der Waals surface area contributed by atoms with Gasteiger partial charge in [0.2, 0.25) is 0 Å². The molecule has 0 spiro atoms. The van der Waals surface area contributed by atoms with Gasteiger partial charge in [-0.2, -0.15) is 0 Å². The molecule has 2 saturated carbocycles. The van der Waals surface area contributed by atoms with Crippen LogP contribution in [-0.2, 0) is 4.79 Å². The lowest BCUT2D eigenvalue weighted by molar-refractivity contribution is -0.116. The van der Waals surface area contributed by atoms with E-state index < -0.39 is 6.10 Å². The zero-order chi connectivity index (χ0) is 13.2. The molecule has 3 rings (SSSR count). The fourth-order valence-electron chi connectivity index (χ4n) is 4.66. The number of fused-ring (bicyclic) bond motifs is 3. The van der Waals surface area contributed by atoms with Gasteiger partial charge in [-0.3, -0.25) is 4.79 Å².